The summed E-state index contributed by atoms with van der Waals surface area (Å²) in [7, 11) is 0. The molecule has 0 spiro atoms. The van der Waals surface area contributed by atoms with E-state index in [2.05, 4.69) is 15.9 Å². The van der Waals surface area contributed by atoms with E-state index in [0.29, 0.717) is 4.90 Å². The van der Waals surface area contributed by atoms with Crippen LogP contribution < -0.4 is 5.73 Å². The van der Waals surface area contributed by atoms with Gasteiger partial charge >= 0.3 is 0 Å². The molecule has 0 radical (unpaired) electrons. The van der Waals surface area contributed by atoms with Crippen LogP contribution >= 0.6 is 27.7 Å². The van der Waals surface area contributed by atoms with Gasteiger partial charge in [0, 0.05) is 26.4 Å². The van der Waals surface area contributed by atoms with Gasteiger partial charge in [0.1, 0.15) is 11.6 Å². The Bertz CT molecular complexity index is 617. The van der Waals surface area contributed by atoms with Gasteiger partial charge in [-0.1, -0.05) is 17.8 Å². The van der Waals surface area contributed by atoms with E-state index < -0.39 is 11.6 Å². The number of hydrogen-bond donors (Lipinski definition) is 1. The highest BCUT2D eigenvalue weighted by Gasteiger charge is 2.09. The first kappa shape index (κ1) is 15.5. The quantitative estimate of drug-likeness (QED) is 0.852. The minimum Gasteiger partial charge on any atom is -0.328 e. The van der Waals surface area contributed by atoms with Crippen molar-refractivity contribution in [3.05, 3.63) is 58.1 Å². The molecule has 1 atom stereocenters. The lowest BCUT2D eigenvalue weighted by Crippen LogP contribution is -2.17. The second-order valence-electron chi connectivity index (χ2n) is 4.62. The molecule has 0 bridgehead atoms. The Labute approximate surface area is 129 Å². The molecule has 1 nitrogen and oxygen atoms in total. The molecule has 0 heterocycles. The van der Waals surface area contributed by atoms with Gasteiger partial charge in [0.2, 0.25) is 0 Å². The molecular formula is C15H14BrF2NS. The molecule has 0 amide bonds. The lowest BCUT2D eigenvalue weighted by molar-refractivity contribution is 0.565. The second kappa shape index (κ2) is 6.70. The average molecular weight is 358 g/mol. The standard InChI is InChI=1S/C15H14BrF2NS/c1-9(19)6-10-2-4-14(12(16)7-10)20-15-5-3-11(17)8-13(15)18/h2-5,7-9H,6,19H2,1H3. The Hall–Kier alpha value is -0.910. The summed E-state index contributed by atoms with van der Waals surface area (Å²) in [6, 6.07) is 9.54. The molecule has 0 aliphatic heterocycles. The summed E-state index contributed by atoms with van der Waals surface area (Å²) in [4.78, 5) is 1.27. The molecule has 0 saturated carbocycles. The summed E-state index contributed by atoms with van der Waals surface area (Å²) >= 11 is 4.73. The predicted molar refractivity (Wildman–Crippen MR) is 82.0 cm³/mol. The highest BCUT2D eigenvalue weighted by atomic mass is 79.9. The largest absolute Gasteiger partial charge is 0.328 e. The van der Waals surface area contributed by atoms with E-state index in [-0.39, 0.29) is 6.04 Å². The van der Waals surface area contributed by atoms with Crippen molar-refractivity contribution in [3.63, 3.8) is 0 Å². The van der Waals surface area contributed by atoms with Gasteiger partial charge in [0.05, 0.1) is 0 Å². The molecule has 2 rings (SSSR count). The number of rotatable bonds is 4. The predicted octanol–water partition coefficient (Wildman–Crippen LogP) is 4.77. The highest BCUT2D eigenvalue weighted by molar-refractivity contribution is 9.10. The van der Waals surface area contributed by atoms with E-state index in [1.807, 2.05) is 25.1 Å². The van der Waals surface area contributed by atoms with Crippen LogP contribution in [0.25, 0.3) is 0 Å². The maximum absolute atomic E-state index is 13.6. The minimum atomic E-state index is -0.571. The molecule has 0 fully saturated rings. The zero-order valence-corrected chi connectivity index (χ0v) is 13.3. The van der Waals surface area contributed by atoms with Crippen LogP contribution in [-0.2, 0) is 6.42 Å². The van der Waals surface area contributed by atoms with Gasteiger partial charge in [0.25, 0.3) is 0 Å². The first-order valence-corrected chi connectivity index (χ1v) is 7.73. The Morgan fingerprint density at radius 1 is 1.15 bits per heavy atom. The van der Waals surface area contributed by atoms with E-state index in [0.717, 1.165) is 27.4 Å². The van der Waals surface area contributed by atoms with Crippen LogP contribution in [0, 0.1) is 11.6 Å². The number of hydrogen-bond acceptors (Lipinski definition) is 2. The van der Waals surface area contributed by atoms with Crippen molar-refractivity contribution >= 4 is 27.7 Å². The van der Waals surface area contributed by atoms with Crippen LogP contribution in [0.5, 0.6) is 0 Å². The van der Waals surface area contributed by atoms with Gasteiger partial charge < -0.3 is 5.73 Å². The van der Waals surface area contributed by atoms with Crippen LogP contribution in [-0.4, -0.2) is 6.04 Å². The Kier molecular flexibility index (Phi) is 5.18. The summed E-state index contributed by atoms with van der Waals surface area (Å²) < 4.78 is 27.4. The average Bonchev–Trinajstić information content (AvgIpc) is 2.34. The summed E-state index contributed by atoms with van der Waals surface area (Å²) in [5, 5.41) is 0. The van der Waals surface area contributed by atoms with Crippen molar-refractivity contribution in [3.8, 4) is 0 Å². The molecule has 2 N–H and O–H groups in total. The van der Waals surface area contributed by atoms with Gasteiger partial charge in [0.15, 0.2) is 0 Å². The monoisotopic (exact) mass is 357 g/mol. The van der Waals surface area contributed by atoms with Crippen molar-refractivity contribution in [2.24, 2.45) is 5.73 Å². The number of nitrogens with two attached hydrogens (primary N) is 1. The van der Waals surface area contributed by atoms with E-state index in [4.69, 9.17) is 5.73 Å². The summed E-state index contributed by atoms with van der Waals surface area (Å²) in [5.41, 5.74) is 6.89. The van der Waals surface area contributed by atoms with Crippen LogP contribution in [0.15, 0.2) is 50.7 Å². The third-order valence-electron chi connectivity index (χ3n) is 2.67. The van der Waals surface area contributed by atoms with Crippen molar-refractivity contribution in [2.75, 3.05) is 0 Å². The van der Waals surface area contributed by atoms with Gasteiger partial charge in [-0.05, 0) is 59.1 Å². The fourth-order valence-corrected chi connectivity index (χ4v) is 3.29. The third-order valence-corrected chi connectivity index (χ3v) is 4.71. The minimum absolute atomic E-state index is 0.0925. The Morgan fingerprint density at radius 2 is 1.85 bits per heavy atom. The van der Waals surface area contributed by atoms with Crippen LogP contribution in [0.1, 0.15) is 12.5 Å². The molecular weight excluding hydrogens is 344 g/mol. The van der Waals surface area contributed by atoms with Crippen molar-refractivity contribution in [1.82, 2.24) is 0 Å². The molecule has 0 aliphatic rings. The maximum atomic E-state index is 13.6. The first-order chi connectivity index (χ1) is 9.45. The molecule has 0 aromatic heterocycles. The normalized spacial score (nSPS) is 12.4. The van der Waals surface area contributed by atoms with Crippen molar-refractivity contribution in [1.29, 1.82) is 0 Å². The molecule has 1 unspecified atom stereocenters. The first-order valence-electron chi connectivity index (χ1n) is 6.12. The van der Waals surface area contributed by atoms with E-state index in [9.17, 15) is 8.78 Å². The van der Waals surface area contributed by atoms with Gasteiger partial charge in [-0.2, -0.15) is 0 Å². The van der Waals surface area contributed by atoms with Gasteiger partial charge in [-0.25, -0.2) is 8.78 Å². The van der Waals surface area contributed by atoms with Crippen LogP contribution in [0.2, 0.25) is 0 Å². The SMILES string of the molecule is CC(N)Cc1ccc(Sc2ccc(F)cc2F)c(Br)c1. The summed E-state index contributed by atoms with van der Waals surface area (Å²) in [5.74, 6) is -1.13. The second-order valence-corrected chi connectivity index (χ2v) is 6.56. The van der Waals surface area contributed by atoms with Crippen molar-refractivity contribution in [2.45, 2.75) is 29.2 Å². The molecule has 20 heavy (non-hydrogen) atoms. The summed E-state index contributed by atoms with van der Waals surface area (Å²) in [6.45, 7) is 1.95. The molecule has 2 aromatic rings. The smallest absolute Gasteiger partial charge is 0.140 e. The third kappa shape index (κ3) is 4.04. The molecule has 0 aliphatic carbocycles. The number of halogens is 3. The molecule has 0 saturated heterocycles. The lowest BCUT2D eigenvalue weighted by Gasteiger charge is -2.09. The van der Waals surface area contributed by atoms with E-state index in [1.54, 1.807) is 0 Å². The number of benzene rings is 2. The van der Waals surface area contributed by atoms with Gasteiger partial charge in [-0.3, -0.25) is 0 Å². The van der Waals surface area contributed by atoms with Crippen molar-refractivity contribution < 1.29 is 8.78 Å². The fourth-order valence-electron chi connectivity index (χ4n) is 1.80. The van der Waals surface area contributed by atoms with Gasteiger partial charge in [-0.15, -0.1) is 0 Å². The Morgan fingerprint density at radius 3 is 2.45 bits per heavy atom. The molecule has 5 heteroatoms. The zero-order valence-electron chi connectivity index (χ0n) is 10.9. The maximum Gasteiger partial charge on any atom is 0.140 e. The van der Waals surface area contributed by atoms with E-state index in [1.165, 1.54) is 23.9 Å². The Balaban J connectivity index is 2.21. The molecule has 2 aromatic carbocycles. The fraction of sp³-hybridized carbons (Fsp3) is 0.200. The van der Waals surface area contributed by atoms with Crippen LogP contribution in [0.3, 0.4) is 0 Å². The highest BCUT2D eigenvalue weighted by Crippen LogP contribution is 2.35. The van der Waals surface area contributed by atoms with Crippen LogP contribution in [0.4, 0.5) is 8.78 Å². The summed E-state index contributed by atoms with van der Waals surface area (Å²) in [6.07, 6.45) is 0.786. The molecule has 106 valence electrons. The van der Waals surface area contributed by atoms with E-state index >= 15 is 0 Å². The lowest BCUT2D eigenvalue weighted by atomic mass is 10.1. The topological polar surface area (TPSA) is 26.0 Å². The zero-order chi connectivity index (χ0) is 14.7.